The summed E-state index contributed by atoms with van der Waals surface area (Å²) in [5.74, 6) is -0.520. The Labute approximate surface area is 272 Å². The van der Waals surface area contributed by atoms with Crippen LogP contribution >= 0.6 is 34.7 Å². The number of thiazole rings is 1. The van der Waals surface area contributed by atoms with Crippen LogP contribution in [0.4, 0.5) is 11.4 Å². The summed E-state index contributed by atoms with van der Waals surface area (Å²) in [5.41, 5.74) is 3.36. The highest BCUT2D eigenvalue weighted by molar-refractivity contribution is 8.00. The molecule has 2 saturated carbocycles. The normalized spacial score (nSPS) is 27.7. The minimum Gasteiger partial charge on any atom is -0.484 e. The number of H-pyrrole nitrogens is 1. The van der Waals surface area contributed by atoms with Crippen LogP contribution in [0, 0.1) is 36.5 Å². The third-order valence-electron chi connectivity index (χ3n) is 9.75. The number of rotatable bonds is 6. The monoisotopic (exact) mass is 657 g/mol. The molecule has 11 heteroatoms. The van der Waals surface area contributed by atoms with Gasteiger partial charge in [-0.3, -0.25) is 24.1 Å². The van der Waals surface area contributed by atoms with Crippen LogP contribution in [0.2, 0.25) is 5.02 Å². The third-order valence-corrected chi connectivity index (χ3v) is 12.6. The van der Waals surface area contributed by atoms with Crippen LogP contribution in [0.15, 0.2) is 82.6 Å². The zero-order valence-corrected chi connectivity index (χ0v) is 26.5. The first-order valence-electron chi connectivity index (χ1n) is 14.9. The van der Waals surface area contributed by atoms with Crippen molar-refractivity contribution < 1.29 is 19.1 Å². The highest BCUT2D eigenvalue weighted by atomic mass is 35.5. The quantitative estimate of drug-likeness (QED) is 0.243. The molecule has 0 radical (unpaired) electrons. The minimum absolute atomic E-state index is 0.0345. The van der Waals surface area contributed by atoms with Gasteiger partial charge >= 0.3 is 4.87 Å². The lowest BCUT2D eigenvalue weighted by molar-refractivity contribution is -0.123. The van der Waals surface area contributed by atoms with E-state index in [-0.39, 0.29) is 70.0 Å². The second-order valence-corrected chi connectivity index (χ2v) is 14.9. The maximum Gasteiger partial charge on any atom is 0.305 e. The summed E-state index contributed by atoms with van der Waals surface area (Å²) in [6.45, 7) is 1.83. The Balaban J connectivity index is 1.05. The van der Waals surface area contributed by atoms with Gasteiger partial charge in [0.1, 0.15) is 5.75 Å². The molecule has 2 bridgehead atoms. The molecule has 3 amide bonds. The molecule has 1 saturated heterocycles. The van der Waals surface area contributed by atoms with Gasteiger partial charge in [0.15, 0.2) is 6.61 Å². The number of aromatic amines is 1. The number of hydrogen-bond acceptors (Lipinski definition) is 7. The number of halogens is 1. The van der Waals surface area contributed by atoms with Crippen molar-refractivity contribution >= 4 is 63.8 Å². The molecule has 228 valence electrons. The Bertz CT molecular complexity index is 1890. The SMILES string of the molecule is Cc1ccc(N2C(=O)C3C4CC(C3C2=O)C2C4Sc3[nH]c(=O)sc3[C@@H]2c2ccc(OCC(=O)Nc3ccc(Cl)cc3)cc2)cc1. The molecule has 2 aliphatic carbocycles. The minimum atomic E-state index is -0.355. The van der Waals surface area contributed by atoms with Crippen LogP contribution < -0.4 is 19.8 Å². The largest absolute Gasteiger partial charge is 0.484 e. The summed E-state index contributed by atoms with van der Waals surface area (Å²) in [6, 6.07) is 22.1. The maximum absolute atomic E-state index is 13.9. The molecule has 6 unspecified atom stereocenters. The van der Waals surface area contributed by atoms with Crippen molar-refractivity contribution in [2.24, 2.45) is 29.6 Å². The van der Waals surface area contributed by atoms with Crippen LogP contribution in [-0.2, 0) is 14.4 Å². The fourth-order valence-corrected chi connectivity index (χ4v) is 11.0. The molecular weight excluding hydrogens is 630 g/mol. The van der Waals surface area contributed by atoms with E-state index in [0.29, 0.717) is 22.1 Å². The molecule has 4 aromatic rings. The number of amides is 3. The van der Waals surface area contributed by atoms with Crippen molar-refractivity contribution in [3.8, 4) is 5.75 Å². The van der Waals surface area contributed by atoms with Crippen LogP contribution in [0.5, 0.6) is 5.75 Å². The number of thioether (sulfide) groups is 1. The van der Waals surface area contributed by atoms with Gasteiger partial charge in [-0.05, 0) is 85.2 Å². The Hall–Kier alpha value is -3.86. The van der Waals surface area contributed by atoms with E-state index in [1.807, 2.05) is 55.5 Å². The van der Waals surface area contributed by atoms with Gasteiger partial charge in [0.05, 0.1) is 22.5 Å². The number of anilines is 2. The van der Waals surface area contributed by atoms with E-state index in [2.05, 4.69) is 10.3 Å². The van der Waals surface area contributed by atoms with Crippen molar-refractivity contribution in [1.29, 1.82) is 0 Å². The van der Waals surface area contributed by atoms with Crippen LogP contribution in [-0.4, -0.2) is 34.6 Å². The first-order chi connectivity index (χ1) is 21.8. The molecule has 0 spiro atoms. The van der Waals surface area contributed by atoms with Crippen molar-refractivity contribution in [2.45, 2.75) is 29.5 Å². The number of fused-ring (bicyclic) bond motifs is 9. The fourth-order valence-electron chi connectivity index (χ4n) is 7.99. The van der Waals surface area contributed by atoms with Gasteiger partial charge in [-0.15, -0.1) is 11.8 Å². The molecule has 8 rings (SSSR count). The zero-order valence-electron chi connectivity index (χ0n) is 24.1. The summed E-state index contributed by atoms with van der Waals surface area (Å²) < 4.78 is 5.78. The number of hydrogen-bond donors (Lipinski definition) is 2. The van der Waals surface area contributed by atoms with Gasteiger partial charge in [-0.2, -0.15) is 0 Å². The van der Waals surface area contributed by atoms with Crippen LogP contribution in [0.3, 0.4) is 0 Å². The first-order valence-corrected chi connectivity index (χ1v) is 17.0. The Kier molecular flexibility index (Phi) is 6.92. The standard InChI is InChI=1S/C34H28ClN3O5S2/c1-16-2-10-20(11-3-16)38-32(40)27-22-14-23(28(27)33(38)41)29-26(22)25(30-31(44-29)37-34(42)45-30)17-4-12-21(13-5-17)43-15-24(39)36-19-8-6-18(35)7-9-19/h2-13,22-23,25-29H,14-15H2,1H3,(H,36,39)(H,37,42)/t22?,23?,25-,26?,27?,28?,29?/m1/s1. The number of nitrogens with zero attached hydrogens (tertiary/aromatic N) is 1. The lowest BCUT2D eigenvalue weighted by Crippen LogP contribution is -2.42. The Morgan fingerprint density at radius 2 is 1.64 bits per heavy atom. The summed E-state index contributed by atoms with van der Waals surface area (Å²) in [5, 5.41) is 4.35. The molecule has 8 nitrogen and oxygen atoms in total. The van der Waals surface area contributed by atoms with E-state index in [4.69, 9.17) is 16.3 Å². The van der Waals surface area contributed by atoms with Crippen LogP contribution in [0.25, 0.3) is 0 Å². The summed E-state index contributed by atoms with van der Waals surface area (Å²) in [6.07, 6.45) is 0.830. The van der Waals surface area contributed by atoms with Gasteiger partial charge in [0.25, 0.3) is 5.91 Å². The van der Waals surface area contributed by atoms with E-state index < -0.39 is 0 Å². The molecule has 7 atom stereocenters. The molecule has 3 heterocycles. The summed E-state index contributed by atoms with van der Waals surface area (Å²) in [7, 11) is 0. The van der Waals surface area contributed by atoms with Crippen LogP contribution in [0.1, 0.15) is 28.3 Å². The average molecular weight is 658 g/mol. The number of aryl methyl sites for hydroxylation is 1. The van der Waals surface area contributed by atoms with Crippen molar-refractivity contribution in [2.75, 3.05) is 16.8 Å². The number of carbonyl (C=O) groups excluding carboxylic acids is 3. The van der Waals surface area contributed by atoms with Gasteiger partial charge in [-0.1, -0.05) is 52.8 Å². The second-order valence-electron chi connectivity index (χ2n) is 12.2. The van der Waals surface area contributed by atoms with E-state index in [1.165, 1.54) is 16.2 Å². The topological polar surface area (TPSA) is 109 Å². The third kappa shape index (κ3) is 4.73. The predicted molar refractivity (Wildman–Crippen MR) is 174 cm³/mol. The van der Waals surface area contributed by atoms with E-state index >= 15 is 0 Å². The van der Waals surface area contributed by atoms with Crippen molar-refractivity contribution in [3.63, 3.8) is 0 Å². The molecule has 3 aromatic carbocycles. The molecule has 4 aliphatic rings. The molecule has 45 heavy (non-hydrogen) atoms. The van der Waals surface area contributed by atoms with E-state index in [9.17, 15) is 19.2 Å². The number of aromatic nitrogens is 1. The smallest absolute Gasteiger partial charge is 0.305 e. The van der Waals surface area contributed by atoms with E-state index in [1.54, 1.807) is 36.0 Å². The highest BCUT2D eigenvalue weighted by Crippen LogP contribution is 2.68. The lowest BCUT2D eigenvalue weighted by atomic mass is 9.68. The zero-order chi connectivity index (χ0) is 31.0. The van der Waals surface area contributed by atoms with Gasteiger partial charge in [-0.25, -0.2) is 0 Å². The number of ether oxygens (including phenoxy) is 1. The number of nitrogens with one attached hydrogen (secondary N) is 2. The second kappa shape index (κ2) is 10.9. The number of imide groups is 1. The molecular formula is C34H28ClN3O5S2. The Morgan fingerprint density at radius 3 is 2.36 bits per heavy atom. The Morgan fingerprint density at radius 1 is 0.956 bits per heavy atom. The van der Waals surface area contributed by atoms with Gasteiger partial charge in [0.2, 0.25) is 11.8 Å². The molecule has 1 aromatic heterocycles. The lowest BCUT2D eigenvalue weighted by Gasteiger charge is -2.43. The molecule has 2 N–H and O–H groups in total. The number of benzene rings is 3. The van der Waals surface area contributed by atoms with E-state index in [0.717, 1.165) is 27.5 Å². The summed E-state index contributed by atoms with van der Waals surface area (Å²) in [4.78, 5) is 58.1. The molecule has 2 aliphatic heterocycles. The van der Waals surface area contributed by atoms with Crippen molar-refractivity contribution in [1.82, 2.24) is 4.98 Å². The highest BCUT2D eigenvalue weighted by Gasteiger charge is 2.69. The van der Waals surface area contributed by atoms with Gasteiger partial charge in [0, 0.05) is 26.8 Å². The fraction of sp³-hybridized carbons (Fsp3) is 0.294. The predicted octanol–water partition coefficient (Wildman–Crippen LogP) is 6.09. The number of carbonyl (C=O) groups is 3. The van der Waals surface area contributed by atoms with Crippen molar-refractivity contribution in [3.05, 3.63) is 103 Å². The molecule has 3 fully saturated rings. The average Bonchev–Trinajstić information content (AvgIpc) is 3.77. The summed E-state index contributed by atoms with van der Waals surface area (Å²) >= 11 is 8.82. The van der Waals surface area contributed by atoms with Gasteiger partial charge < -0.3 is 15.0 Å². The first kappa shape index (κ1) is 28.6. The maximum atomic E-state index is 13.9.